The van der Waals surface area contributed by atoms with Crippen LogP contribution in [0.15, 0.2) is 47.5 Å². The number of hydrogen-bond acceptors (Lipinski definition) is 3. The van der Waals surface area contributed by atoms with Crippen molar-refractivity contribution in [2.24, 2.45) is 0 Å². The Morgan fingerprint density at radius 2 is 1.70 bits per heavy atom. The summed E-state index contributed by atoms with van der Waals surface area (Å²) < 4.78 is 26.7. The van der Waals surface area contributed by atoms with E-state index in [9.17, 15) is 8.42 Å². The summed E-state index contributed by atoms with van der Waals surface area (Å²) in [4.78, 5) is 4.85. The van der Waals surface area contributed by atoms with Crippen LogP contribution in [0.2, 0.25) is 0 Å². The third-order valence-corrected chi connectivity index (χ3v) is 6.20. The van der Waals surface area contributed by atoms with Gasteiger partial charge in [0.1, 0.15) is 0 Å². The first-order chi connectivity index (χ1) is 11.0. The molecule has 5 heteroatoms. The van der Waals surface area contributed by atoms with E-state index in [4.69, 9.17) is 0 Å². The molecule has 0 saturated carbocycles. The fraction of sp³-hybridized carbons (Fsp3) is 0.389. The molecule has 1 aromatic carbocycles. The van der Waals surface area contributed by atoms with Gasteiger partial charge >= 0.3 is 0 Å². The van der Waals surface area contributed by atoms with Crippen LogP contribution in [0.25, 0.3) is 11.3 Å². The van der Waals surface area contributed by atoms with Gasteiger partial charge in [-0.05, 0) is 42.5 Å². The Balaban J connectivity index is 1.94. The Morgan fingerprint density at radius 3 is 2.30 bits per heavy atom. The van der Waals surface area contributed by atoms with Gasteiger partial charge < -0.3 is 0 Å². The lowest BCUT2D eigenvalue weighted by atomic mass is 9.97. The van der Waals surface area contributed by atoms with Crippen molar-refractivity contribution in [3.63, 3.8) is 0 Å². The molecule has 2 heterocycles. The van der Waals surface area contributed by atoms with Crippen molar-refractivity contribution < 1.29 is 8.42 Å². The van der Waals surface area contributed by atoms with Crippen molar-refractivity contribution in [1.82, 2.24) is 9.29 Å². The van der Waals surface area contributed by atoms with Crippen molar-refractivity contribution in [2.75, 3.05) is 13.1 Å². The van der Waals surface area contributed by atoms with Crippen molar-refractivity contribution >= 4 is 10.0 Å². The molecule has 0 spiro atoms. The molecular formula is C18H22N2O2S. The molecule has 1 saturated heterocycles. The molecule has 1 aromatic heterocycles. The predicted octanol–water partition coefficient (Wildman–Crippen LogP) is 3.66. The summed E-state index contributed by atoms with van der Waals surface area (Å²) in [6, 6.07) is 11.1. The molecule has 1 aliphatic heterocycles. The number of aromatic nitrogens is 1. The second-order valence-corrected chi connectivity index (χ2v) is 8.17. The first-order valence-electron chi connectivity index (χ1n) is 8.05. The summed E-state index contributed by atoms with van der Waals surface area (Å²) in [5, 5.41) is 0. The van der Waals surface area contributed by atoms with Crippen molar-refractivity contribution in [3.8, 4) is 11.3 Å². The lowest BCUT2D eigenvalue weighted by Gasteiger charge is -2.16. The lowest BCUT2D eigenvalue weighted by Crippen LogP contribution is -2.27. The monoisotopic (exact) mass is 330 g/mol. The van der Waals surface area contributed by atoms with Gasteiger partial charge in [0, 0.05) is 24.8 Å². The largest absolute Gasteiger partial charge is 0.256 e. The minimum atomic E-state index is -3.35. The summed E-state index contributed by atoms with van der Waals surface area (Å²) in [5.41, 5.74) is 3.05. The Kier molecular flexibility index (Phi) is 4.50. The maximum atomic E-state index is 12.6. The highest BCUT2D eigenvalue weighted by Gasteiger charge is 2.27. The smallest absolute Gasteiger partial charge is 0.243 e. The van der Waals surface area contributed by atoms with E-state index in [1.54, 1.807) is 22.6 Å². The Morgan fingerprint density at radius 1 is 1.04 bits per heavy atom. The number of pyridine rings is 1. The van der Waals surface area contributed by atoms with Gasteiger partial charge in [0.15, 0.2) is 0 Å². The fourth-order valence-electron chi connectivity index (χ4n) is 2.99. The number of nitrogens with zero attached hydrogens (tertiary/aromatic N) is 2. The number of sulfonamides is 1. The SMILES string of the molecule is CC(C)c1cccnc1-c1ccc(S(=O)(=O)N2CCCC2)cc1. The maximum Gasteiger partial charge on any atom is 0.243 e. The minimum absolute atomic E-state index is 0.366. The molecule has 0 bridgehead atoms. The summed E-state index contributed by atoms with van der Waals surface area (Å²) >= 11 is 0. The van der Waals surface area contributed by atoms with Crippen LogP contribution in [-0.2, 0) is 10.0 Å². The second-order valence-electron chi connectivity index (χ2n) is 6.23. The van der Waals surface area contributed by atoms with Crippen LogP contribution in [0.1, 0.15) is 38.2 Å². The van der Waals surface area contributed by atoms with Gasteiger partial charge in [-0.2, -0.15) is 4.31 Å². The second kappa shape index (κ2) is 6.42. The number of hydrogen-bond donors (Lipinski definition) is 0. The van der Waals surface area contributed by atoms with Crippen molar-refractivity contribution in [2.45, 2.75) is 37.5 Å². The molecule has 0 amide bonds. The van der Waals surface area contributed by atoms with Crippen LogP contribution < -0.4 is 0 Å². The molecule has 0 aliphatic carbocycles. The van der Waals surface area contributed by atoms with E-state index in [-0.39, 0.29) is 0 Å². The summed E-state index contributed by atoms with van der Waals surface area (Å²) in [5.74, 6) is 0.367. The van der Waals surface area contributed by atoms with Crippen LogP contribution in [0.3, 0.4) is 0 Å². The van der Waals surface area contributed by atoms with E-state index in [0.717, 1.165) is 24.1 Å². The highest BCUT2D eigenvalue weighted by Crippen LogP contribution is 2.28. The first kappa shape index (κ1) is 16.1. The molecule has 122 valence electrons. The Bertz CT molecular complexity index is 777. The Labute approximate surface area is 138 Å². The van der Waals surface area contributed by atoms with Gasteiger partial charge in [-0.15, -0.1) is 0 Å². The van der Waals surface area contributed by atoms with Gasteiger partial charge in [-0.25, -0.2) is 8.42 Å². The zero-order valence-corrected chi connectivity index (χ0v) is 14.4. The van der Waals surface area contributed by atoms with E-state index in [1.807, 2.05) is 18.2 Å². The first-order valence-corrected chi connectivity index (χ1v) is 9.49. The van der Waals surface area contributed by atoms with E-state index in [0.29, 0.717) is 23.9 Å². The molecule has 3 rings (SSSR count). The number of rotatable bonds is 4. The quantitative estimate of drug-likeness (QED) is 0.859. The zero-order valence-electron chi connectivity index (χ0n) is 13.6. The molecule has 23 heavy (non-hydrogen) atoms. The molecule has 2 aromatic rings. The molecular weight excluding hydrogens is 308 g/mol. The third-order valence-electron chi connectivity index (χ3n) is 4.29. The molecule has 0 unspecified atom stereocenters. The van der Waals surface area contributed by atoms with Crippen molar-refractivity contribution in [3.05, 3.63) is 48.2 Å². The highest BCUT2D eigenvalue weighted by molar-refractivity contribution is 7.89. The molecule has 0 atom stereocenters. The molecule has 0 N–H and O–H groups in total. The maximum absolute atomic E-state index is 12.6. The van der Waals surface area contributed by atoms with Crippen LogP contribution in [0, 0.1) is 0 Å². The van der Waals surface area contributed by atoms with E-state index < -0.39 is 10.0 Å². The molecule has 0 radical (unpaired) electrons. The van der Waals surface area contributed by atoms with Gasteiger partial charge in [-0.3, -0.25) is 4.98 Å². The van der Waals surface area contributed by atoms with Gasteiger partial charge in [-0.1, -0.05) is 32.0 Å². The summed E-state index contributed by atoms with van der Waals surface area (Å²) in [7, 11) is -3.35. The highest BCUT2D eigenvalue weighted by atomic mass is 32.2. The van der Waals surface area contributed by atoms with Gasteiger partial charge in [0.2, 0.25) is 10.0 Å². The average molecular weight is 330 g/mol. The van der Waals surface area contributed by atoms with Gasteiger partial charge in [0.05, 0.1) is 10.6 Å². The van der Waals surface area contributed by atoms with Crippen LogP contribution in [0.5, 0.6) is 0 Å². The molecule has 1 aliphatic rings. The van der Waals surface area contributed by atoms with Gasteiger partial charge in [0.25, 0.3) is 0 Å². The van der Waals surface area contributed by atoms with E-state index >= 15 is 0 Å². The van der Waals surface area contributed by atoms with Crippen LogP contribution in [-0.4, -0.2) is 30.8 Å². The standard InChI is InChI=1S/C18H22N2O2S/c1-14(2)17-6-5-11-19-18(17)15-7-9-16(10-8-15)23(21,22)20-12-3-4-13-20/h5-11,14H,3-4,12-13H2,1-2H3. The normalized spacial score (nSPS) is 16.1. The average Bonchev–Trinajstić information content (AvgIpc) is 3.10. The topological polar surface area (TPSA) is 50.3 Å². The fourth-order valence-corrected chi connectivity index (χ4v) is 4.50. The van der Waals surface area contributed by atoms with Crippen LogP contribution in [0.4, 0.5) is 0 Å². The zero-order chi connectivity index (χ0) is 16.4. The third kappa shape index (κ3) is 3.16. The molecule has 1 fully saturated rings. The molecule has 4 nitrogen and oxygen atoms in total. The number of benzene rings is 1. The van der Waals surface area contributed by atoms with E-state index in [1.165, 1.54) is 5.56 Å². The minimum Gasteiger partial charge on any atom is -0.256 e. The summed E-state index contributed by atoms with van der Waals surface area (Å²) in [6.45, 7) is 5.52. The van der Waals surface area contributed by atoms with E-state index in [2.05, 4.69) is 24.9 Å². The lowest BCUT2D eigenvalue weighted by molar-refractivity contribution is 0.477. The Hall–Kier alpha value is -1.72. The van der Waals surface area contributed by atoms with Crippen molar-refractivity contribution in [1.29, 1.82) is 0 Å². The predicted molar refractivity (Wildman–Crippen MR) is 91.8 cm³/mol. The summed E-state index contributed by atoms with van der Waals surface area (Å²) in [6.07, 6.45) is 3.67. The van der Waals surface area contributed by atoms with Crippen LogP contribution >= 0.6 is 0 Å².